The van der Waals surface area contributed by atoms with Gasteiger partial charge in [-0.15, -0.1) is 0 Å². The van der Waals surface area contributed by atoms with Gasteiger partial charge in [0, 0.05) is 12.2 Å². The van der Waals surface area contributed by atoms with E-state index in [0.717, 1.165) is 30.0 Å². The summed E-state index contributed by atoms with van der Waals surface area (Å²) >= 11 is 0. The fourth-order valence-corrected chi connectivity index (χ4v) is 2.23. The highest BCUT2D eigenvalue weighted by atomic mass is 16.3. The van der Waals surface area contributed by atoms with Crippen LogP contribution in [0.4, 0.5) is 5.82 Å². The van der Waals surface area contributed by atoms with Crippen LogP contribution in [0.2, 0.25) is 0 Å². The van der Waals surface area contributed by atoms with Crippen LogP contribution >= 0.6 is 0 Å². The van der Waals surface area contributed by atoms with Crippen molar-refractivity contribution < 1.29 is 4.42 Å². The second kappa shape index (κ2) is 4.77. The molecule has 0 radical (unpaired) electrons. The first-order chi connectivity index (χ1) is 9.29. The third-order valence-electron chi connectivity index (χ3n) is 3.42. The molecule has 0 bridgehead atoms. The molecule has 96 valence electrons. The number of aromatic nitrogens is 1. The van der Waals surface area contributed by atoms with E-state index in [4.69, 9.17) is 4.42 Å². The smallest absolute Gasteiger partial charge is 0.147 e. The molecule has 0 spiro atoms. The van der Waals surface area contributed by atoms with Gasteiger partial charge in [-0.25, -0.2) is 4.98 Å². The summed E-state index contributed by atoms with van der Waals surface area (Å²) in [5.74, 6) is 1.68. The van der Waals surface area contributed by atoms with Crippen molar-refractivity contribution in [2.75, 3.05) is 4.90 Å². The van der Waals surface area contributed by atoms with Crippen LogP contribution in [0.3, 0.4) is 0 Å². The number of hydrogen-bond donors (Lipinski definition) is 0. The summed E-state index contributed by atoms with van der Waals surface area (Å²) in [5, 5.41) is 9.34. The van der Waals surface area contributed by atoms with Crippen molar-refractivity contribution in [3.05, 3.63) is 47.5 Å². The Morgan fingerprint density at radius 1 is 1.47 bits per heavy atom. The highest BCUT2D eigenvalue weighted by Gasteiger charge is 2.32. The largest absolute Gasteiger partial charge is 0.467 e. The third-order valence-corrected chi connectivity index (χ3v) is 3.42. The molecule has 0 aromatic carbocycles. The number of pyridine rings is 1. The molecule has 1 aliphatic carbocycles. The fourth-order valence-electron chi connectivity index (χ4n) is 2.23. The number of furan rings is 1. The second-order valence-corrected chi connectivity index (χ2v) is 4.88. The molecule has 0 N–H and O–H groups in total. The molecule has 1 fully saturated rings. The number of nitriles is 1. The van der Waals surface area contributed by atoms with Gasteiger partial charge < -0.3 is 9.32 Å². The van der Waals surface area contributed by atoms with Crippen LogP contribution in [-0.4, -0.2) is 11.0 Å². The molecule has 0 atom stereocenters. The van der Waals surface area contributed by atoms with Crippen molar-refractivity contribution in [3.8, 4) is 6.07 Å². The Morgan fingerprint density at radius 3 is 2.95 bits per heavy atom. The number of rotatable bonds is 4. The molecule has 2 aromatic rings. The molecule has 1 aliphatic rings. The molecule has 19 heavy (non-hydrogen) atoms. The van der Waals surface area contributed by atoms with Crippen molar-refractivity contribution in [2.45, 2.75) is 32.4 Å². The van der Waals surface area contributed by atoms with Crippen molar-refractivity contribution in [1.82, 2.24) is 4.98 Å². The monoisotopic (exact) mass is 253 g/mol. The minimum absolute atomic E-state index is 0.478. The lowest BCUT2D eigenvalue weighted by atomic mass is 10.1. The summed E-state index contributed by atoms with van der Waals surface area (Å²) in [7, 11) is 0. The third kappa shape index (κ3) is 2.32. The Bertz CT molecular complexity index is 609. The summed E-state index contributed by atoms with van der Waals surface area (Å²) < 4.78 is 5.41. The summed E-state index contributed by atoms with van der Waals surface area (Å²) in [6.07, 6.45) is 5.75. The topological polar surface area (TPSA) is 53.1 Å². The highest BCUT2D eigenvalue weighted by molar-refractivity contribution is 5.58. The molecule has 4 nitrogen and oxygen atoms in total. The van der Waals surface area contributed by atoms with Gasteiger partial charge in [0.25, 0.3) is 0 Å². The summed E-state index contributed by atoms with van der Waals surface area (Å²) in [5.41, 5.74) is 1.64. The summed E-state index contributed by atoms with van der Waals surface area (Å²) in [6, 6.07) is 8.46. The second-order valence-electron chi connectivity index (χ2n) is 4.88. The van der Waals surface area contributed by atoms with E-state index in [1.165, 1.54) is 0 Å². The van der Waals surface area contributed by atoms with Crippen molar-refractivity contribution in [2.24, 2.45) is 0 Å². The lowest BCUT2D eigenvalue weighted by Crippen LogP contribution is -2.26. The van der Waals surface area contributed by atoms with Crippen LogP contribution in [0, 0.1) is 18.3 Å². The lowest BCUT2D eigenvalue weighted by Gasteiger charge is -2.23. The van der Waals surface area contributed by atoms with Crippen molar-refractivity contribution >= 4 is 5.82 Å². The number of aryl methyl sites for hydroxylation is 1. The normalized spacial score (nSPS) is 14.1. The first-order valence-electron chi connectivity index (χ1n) is 6.44. The van der Waals surface area contributed by atoms with E-state index in [0.29, 0.717) is 18.2 Å². The van der Waals surface area contributed by atoms with Gasteiger partial charge in [-0.1, -0.05) is 0 Å². The number of anilines is 1. The molecule has 0 saturated heterocycles. The minimum atomic E-state index is 0.478. The van der Waals surface area contributed by atoms with Crippen LogP contribution < -0.4 is 4.90 Å². The van der Waals surface area contributed by atoms with Crippen molar-refractivity contribution in [3.63, 3.8) is 0 Å². The SMILES string of the molecule is Cc1ccnc(N(Cc2ccco2)C2CC2)c1C#N. The highest BCUT2D eigenvalue weighted by Crippen LogP contribution is 2.34. The van der Waals surface area contributed by atoms with E-state index in [1.807, 2.05) is 25.1 Å². The molecule has 0 amide bonds. The maximum absolute atomic E-state index is 9.34. The van der Waals surface area contributed by atoms with Gasteiger partial charge in [0.15, 0.2) is 0 Å². The molecule has 4 heteroatoms. The van der Waals surface area contributed by atoms with Gasteiger partial charge in [-0.3, -0.25) is 0 Å². The molecular formula is C15H15N3O. The summed E-state index contributed by atoms with van der Waals surface area (Å²) in [4.78, 5) is 6.60. The predicted molar refractivity (Wildman–Crippen MR) is 71.6 cm³/mol. The average Bonchev–Trinajstić information content (AvgIpc) is 3.13. The molecule has 3 rings (SSSR count). The molecule has 1 saturated carbocycles. The predicted octanol–water partition coefficient (Wildman–Crippen LogP) is 3.02. The molecule has 2 heterocycles. The van der Waals surface area contributed by atoms with Crippen LogP contribution in [0.5, 0.6) is 0 Å². The molecule has 2 aromatic heterocycles. The van der Waals surface area contributed by atoms with E-state index in [2.05, 4.69) is 16.0 Å². The molecular weight excluding hydrogens is 238 g/mol. The zero-order valence-corrected chi connectivity index (χ0v) is 10.8. The van der Waals surface area contributed by atoms with Crippen LogP contribution in [0.1, 0.15) is 29.7 Å². The first-order valence-corrected chi connectivity index (χ1v) is 6.44. The van der Waals surface area contributed by atoms with E-state index < -0.39 is 0 Å². The van der Waals surface area contributed by atoms with Gasteiger partial charge in [0.2, 0.25) is 0 Å². The fraction of sp³-hybridized carbons (Fsp3) is 0.333. The van der Waals surface area contributed by atoms with E-state index in [-0.39, 0.29) is 0 Å². The maximum Gasteiger partial charge on any atom is 0.147 e. The molecule has 0 aliphatic heterocycles. The van der Waals surface area contributed by atoms with E-state index in [1.54, 1.807) is 12.5 Å². The standard InChI is InChI=1S/C15H15N3O/c1-11-6-7-17-15(14(11)9-16)18(12-4-5-12)10-13-3-2-8-19-13/h2-3,6-8,12H,4-5,10H2,1H3. The first kappa shape index (κ1) is 11.8. The number of nitrogens with zero attached hydrogens (tertiary/aromatic N) is 3. The van der Waals surface area contributed by atoms with E-state index in [9.17, 15) is 5.26 Å². The van der Waals surface area contributed by atoms with Gasteiger partial charge in [-0.2, -0.15) is 5.26 Å². The maximum atomic E-state index is 9.34. The average molecular weight is 253 g/mol. The Hall–Kier alpha value is -2.28. The van der Waals surface area contributed by atoms with Crippen molar-refractivity contribution in [1.29, 1.82) is 5.26 Å². The Kier molecular flexibility index (Phi) is 2.96. The zero-order valence-electron chi connectivity index (χ0n) is 10.8. The van der Waals surface area contributed by atoms with Crippen LogP contribution in [0.15, 0.2) is 35.1 Å². The lowest BCUT2D eigenvalue weighted by molar-refractivity contribution is 0.500. The Labute approximate surface area is 112 Å². The zero-order chi connectivity index (χ0) is 13.2. The summed E-state index contributed by atoms with van der Waals surface area (Å²) in [6.45, 7) is 2.62. The van der Waals surface area contributed by atoms with Gasteiger partial charge in [0.1, 0.15) is 17.6 Å². The van der Waals surface area contributed by atoms with Crippen LogP contribution in [0.25, 0.3) is 0 Å². The molecule has 0 unspecified atom stereocenters. The Morgan fingerprint density at radius 2 is 2.32 bits per heavy atom. The van der Waals surface area contributed by atoms with Crippen LogP contribution in [-0.2, 0) is 6.54 Å². The number of hydrogen-bond acceptors (Lipinski definition) is 4. The minimum Gasteiger partial charge on any atom is -0.467 e. The van der Waals surface area contributed by atoms with Gasteiger partial charge in [0.05, 0.1) is 18.4 Å². The van der Waals surface area contributed by atoms with Gasteiger partial charge >= 0.3 is 0 Å². The van der Waals surface area contributed by atoms with E-state index >= 15 is 0 Å². The Balaban J connectivity index is 1.97. The van der Waals surface area contributed by atoms with Gasteiger partial charge in [-0.05, 0) is 43.5 Å². The quantitative estimate of drug-likeness (QED) is 0.840.